The summed E-state index contributed by atoms with van der Waals surface area (Å²) in [5, 5.41) is 4.46. The molecule has 0 aliphatic rings. The highest BCUT2D eigenvalue weighted by atomic mass is 35.5. The average molecular weight is 302 g/mol. The molecule has 0 aliphatic heterocycles. The highest BCUT2D eigenvalue weighted by Gasteiger charge is 2.21. The number of anilines is 1. The third-order valence-electron chi connectivity index (χ3n) is 3.04. The number of methoxy groups -OCH3 is 1. The number of nitrogens with two attached hydrogens (primary N) is 1. The van der Waals surface area contributed by atoms with Crippen molar-refractivity contribution in [1.82, 2.24) is 10.1 Å². The van der Waals surface area contributed by atoms with Gasteiger partial charge in [-0.05, 0) is 29.8 Å². The fraction of sp³-hybridized carbons (Fsp3) is 0.0667. The Hall–Kier alpha value is -2.53. The third kappa shape index (κ3) is 2.43. The van der Waals surface area contributed by atoms with Crippen molar-refractivity contribution in [2.75, 3.05) is 12.8 Å². The molecule has 0 aliphatic carbocycles. The van der Waals surface area contributed by atoms with Gasteiger partial charge in [0, 0.05) is 11.2 Å². The van der Waals surface area contributed by atoms with E-state index < -0.39 is 0 Å². The van der Waals surface area contributed by atoms with Crippen molar-refractivity contribution in [3.8, 4) is 28.3 Å². The van der Waals surface area contributed by atoms with Gasteiger partial charge in [-0.1, -0.05) is 28.9 Å². The second kappa shape index (κ2) is 5.46. The molecule has 0 amide bonds. The lowest BCUT2D eigenvalue weighted by molar-refractivity contribution is 0.393. The van der Waals surface area contributed by atoms with Crippen molar-refractivity contribution in [3.63, 3.8) is 0 Å². The van der Waals surface area contributed by atoms with E-state index in [4.69, 9.17) is 26.6 Å². The van der Waals surface area contributed by atoms with Crippen molar-refractivity contribution in [1.29, 1.82) is 0 Å². The molecule has 6 heteroatoms. The molecule has 0 saturated carbocycles. The Morgan fingerprint density at radius 1 is 1.24 bits per heavy atom. The number of hydrogen-bond donors (Lipinski definition) is 1. The van der Waals surface area contributed by atoms with Crippen LogP contribution in [0, 0.1) is 0 Å². The maximum atomic E-state index is 6.04. The van der Waals surface area contributed by atoms with E-state index in [1.807, 2.05) is 18.2 Å². The van der Waals surface area contributed by atoms with Crippen LogP contribution < -0.4 is 10.5 Å². The molecule has 3 aromatic rings. The molecule has 1 aromatic carbocycles. The molecule has 21 heavy (non-hydrogen) atoms. The number of pyridine rings is 1. The predicted molar refractivity (Wildman–Crippen MR) is 81.1 cm³/mol. The van der Waals surface area contributed by atoms with E-state index >= 15 is 0 Å². The molecule has 3 rings (SSSR count). The number of hydrogen-bond acceptors (Lipinski definition) is 5. The van der Waals surface area contributed by atoms with E-state index in [2.05, 4.69) is 10.1 Å². The molecule has 0 fully saturated rings. The maximum absolute atomic E-state index is 6.04. The number of nitrogen functional groups attached to an aromatic ring is 1. The summed E-state index contributed by atoms with van der Waals surface area (Å²) in [4.78, 5) is 4.16. The van der Waals surface area contributed by atoms with Crippen molar-refractivity contribution in [2.45, 2.75) is 0 Å². The van der Waals surface area contributed by atoms with Crippen LogP contribution in [-0.4, -0.2) is 17.3 Å². The van der Waals surface area contributed by atoms with Gasteiger partial charge in [0.15, 0.2) is 11.6 Å². The number of rotatable bonds is 3. The average Bonchev–Trinajstić information content (AvgIpc) is 2.88. The van der Waals surface area contributed by atoms with Crippen LogP contribution in [0.4, 0.5) is 5.82 Å². The largest absolute Gasteiger partial charge is 0.480 e. The van der Waals surface area contributed by atoms with E-state index in [0.717, 1.165) is 5.56 Å². The molecule has 0 bridgehead atoms. The Kier molecular flexibility index (Phi) is 3.50. The minimum Gasteiger partial charge on any atom is -0.480 e. The van der Waals surface area contributed by atoms with Gasteiger partial charge in [0.05, 0.1) is 18.2 Å². The van der Waals surface area contributed by atoms with Crippen LogP contribution in [0.5, 0.6) is 5.88 Å². The van der Waals surface area contributed by atoms with Crippen LogP contribution in [0.1, 0.15) is 0 Å². The molecule has 2 N–H and O–H groups in total. The van der Waals surface area contributed by atoms with Gasteiger partial charge in [-0.3, -0.25) is 0 Å². The van der Waals surface area contributed by atoms with Gasteiger partial charge in [-0.2, -0.15) is 0 Å². The maximum Gasteiger partial charge on any atom is 0.224 e. The molecule has 106 valence electrons. The van der Waals surface area contributed by atoms with Crippen molar-refractivity contribution < 1.29 is 9.26 Å². The molecule has 0 radical (unpaired) electrons. The first kappa shape index (κ1) is 13.5. The predicted octanol–water partition coefficient (Wildman–Crippen LogP) is 3.65. The minimum absolute atomic E-state index is 0.290. The van der Waals surface area contributed by atoms with E-state index in [0.29, 0.717) is 27.8 Å². The van der Waals surface area contributed by atoms with Crippen molar-refractivity contribution >= 4 is 17.4 Å². The standard InChI is InChI=1S/C15H12ClN3O2/c1-20-15-11(6-3-7-18-15)13-12(14(17)19-21-13)9-4-2-5-10(16)8-9/h2-8H,1H3,(H2,17,19). The normalized spacial score (nSPS) is 10.6. The van der Waals surface area contributed by atoms with Crippen molar-refractivity contribution in [2.24, 2.45) is 0 Å². The summed E-state index contributed by atoms with van der Waals surface area (Å²) in [6, 6.07) is 10.9. The molecule has 0 atom stereocenters. The topological polar surface area (TPSA) is 74.2 Å². The highest BCUT2D eigenvalue weighted by Crippen LogP contribution is 2.40. The zero-order valence-electron chi connectivity index (χ0n) is 11.2. The molecule has 2 heterocycles. The zero-order chi connectivity index (χ0) is 14.8. The Bertz CT molecular complexity index is 786. The first-order valence-corrected chi connectivity index (χ1v) is 6.59. The van der Waals surface area contributed by atoms with E-state index in [1.165, 1.54) is 0 Å². The molecule has 0 spiro atoms. The summed E-state index contributed by atoms with van der Waals surface area (Å²) < 4.78 is 10.6. The molecule has 5 nitrogen and oxygen atoms in total. The van der Waals surface area contributed by atoms with Gasteiger partial charge >= 0.3 is 0 Å². The molecule has 0 saturated heterocycles. The van der Waals surface area contributed by atoms with Gasteiger partial charge in [0.25, 0.3) is 0 Å². The summed E-state index contributed by atoms with van der Waals surface area (Å²) in [7, 11) is 1.55. The van der Waals surface area contributed by atoms with Gasteiger partial charge in [0.2, 0.25) is 5.88 Å². The minimum atomic E-state index is 0.290. The third-order valence-corrected chi connectivity index (χ3v) is 3.28. The highest BCUT2D eigenvalue weighted by molar-refractivity contribution is 6.30. The lowest BCUT2D eigenvalue weighted by Crippen LogP contribution is -1.92. The molecular weight excluding hydrogens is 290 g/mol. The Morgan fingerprint density at radius 3 is 2.86 bits per heavy atom. The van der Waals surface area contributed by atoms with Crippen LogP contribution in [0.2, 0.25) is 5.02 Å². The zero-order valence-corrected chi connectivity index (χ0v) is 12.0. The summed E-state index contributed by atoms with van der Waals surface area (Å²) >= 11 is 6.04. The monoisotopic (exact) mass is 301 g/mol. The fourth-order valence-corrected chi connectivity index (χ4v) is 2.33. The number of halogens is 1. The second-order valence-electron chi connectivity index (χ2n) is 4.34. The summed E-state index contributed by atoms with van der Waals surface area (Å²) in [6.45, 7) is 0. The number of benzene rings is 1. The smallest absolute Gasteiger partial charge is 0.224 e. The van der Waals surface area contributed by atoms with Crippen LogP contribution in [0.3, 0.4) is 0 Å². The van der Waals surface area contributed by atoms with Gasteiger partial charge in [-0.15, -0.1) is 0 Å². The van der Waals surface area contributed by atoms with Gasteiger partial charge in [-0.25, -0.2) is 4.98 Å². The van der Waals surface area contributed by atoms with E-state index in [1.54, 1.807) is 31.5 Å². The first-order chi connectivity index (χ1) is 10.2. The van der Waals surface area contributed by atoms with Gasteiger partial charge in [0.1, 0.15) is 0 Å². The Balaban J connectivity index is 2.22. The summed E-state index contributed by atoms with van der Waals surface area (Å²) in [5.41, 5.74) is 8.11. The lowest BCUT2D eigenvalue weighted by Gasteiger charge is -2.06. The molecule has 0 unspecified atom stereocenters. The molecule has 2 aromatic heterocycles. The van der Waals surface area contributed by atoms with E-state index in [-0.39, 0.29) is 5.82 Å². The van der Waals surface area contributed by atoms with Crippen LogP contribution in [0.15, 0.2) is 47.1 Å². The van der Waals surface area contributed by atoms with Crippen LogP contribution in [0.25, 0.3) is 22.5 Å². The SMILES string of the molecule is COc1ncccc1-c1onc(N)c1-c1cccc(Cl)c1. The number of nitrogens with zero attached hydrogens (tertiary/aromatic N) is 2. The van der Waals surface area contributed by atoms with E-state index in [9.17, 15) is 0 Å². The Morgan fingerprint density at radius 2 is 2.10 bits per heavy atom. The number of aromatic nitrogens is 2. The molecular formula is C15H12ClN3O2. The first-order valence-electron chi connectivity index (χ1n) is 6.21. The Labute approximate surface area is 126 Å². The fourth-order valence-electron chi connectivity index (χ4n) is 2.14. The lowest BCUT2D eigenvalue weighted by atomic mass is 10.0. The van der Waals surface area contributed by atoms with Crippen LogP contribution in [-0.2, 0) is 0 Å². The summed E-state index contributed by atoms with van der Waals surface area (Å²) in [5.74, 6) is 1.23. The van der Waals surface area contributed by atoms with Crippen molar-refractivity contribution in [3.05, 3.63) is 47.6 Å². The quantitative estimate of drug-likeness (QED) is 0.799. The van der Waals surface area contributed by atoms with Crippen LogP contribution >= 0.6 is 11.6 Å². The van der Waals surface area contributed by atoms with Gasteiger partial charge < -0.3 is 15.0 Å². The number of ether oxygens (including phenoxy) is 1. The summed E-state index contributed by atoms with van der Waals surface area (Å²) in [6.07, 6.45) is 1.64. The second-order valence-corrected chi connectivity index (χ2v) is 4.78.